The number of likely N-dealkylation sites (tertiary alicyclic amines) is 1. The molecule has 1 atom stereocenters. The molecular weight excluding hydrogens is 262 g/mol. The molecule has 1 aliphatic heterocycles. The number of benzene rings is 1. The van der Waals surface area contributed by atoms with Crippen LogP contribution in [-0.2, 0) is 6.54 Å². The monoisotopic (exact) mass is 285 g/mol. The summed E-state index contributed by atoms with van der Waals surface area (Å²) >= 11 is 0. The van der Waals surface area contributed by atoms with Crippen molar-refractivity contribution in [1.29, 1.82) is 0 Å². The molecule has 2 heterocycles. The van der Waals surface area contributed by atoms with Crippen LogP contribution < -0.4 is 5.32 Å². The minimum absolute atomic E-state index is 0.763. The van der Waals surface area contributed by atoms with Gasteiger partial charge in [0.25, 0.3) is 0 Å². The van der Waals surface area contributed by atoms with E-state index in [2.05, 4.69) is 51.6 Å². The molecule has 0 aliphatic carbocycles. The van der Waals surface area contributed by atoms with E-state index in [1.165, 1.54) is 37.2 Å². The van der Waals surface area contributed by atoms with Crippen LogP contribution in [0.4, 0.5) is 5.69 Å². The van der Waals surface area contributed by atoms with E-state index in [1.54, 1.807) is 12.7 Å². The van der Waals surface area contributed by atoms with Crippen molar-refractivity contribution >= 4 is 5.69 Å². The predicted octanol–water partition coefficient (Wildman–Crippen LogP) is 2.08. The van der Waals surface area contributed by atoms with E-state index in [1.807, 2.05) is 4.68 Å². The van der Waals surface area contributed by atoms with Crippen LogP contribution >= 0.6 is 0 Å². The molecule has 1 N–H and O–H groups in total. The second-order valence-corrected chi connectivity index (χ2v) is 5.94. The van der Waals surface area contributed by atoms with E-state index < -0.39 is 0 Å². The van der Waals surface area contributed by atoms with Gasteiger partial charge >= 0.3 is 0 Å². The fourth-order valence-electron chi connectivity index (χ4n) is 2.93. The SMILES string of the molecule is CN1CCCC(CNc2ccc(Cn3cncn3)cc2)C1. The van der Waals surface area contributed by atoms with E-state index in [0.29, 0.717) is 0 Å². The molecule has 0 radical (unpaired) electrons. The zero-order chi connectivity index (χ0) is 14.5. The van der Waals surface area contributed by atoms with Gasteiger partial charge in [-0.05, 0) is 50.0 Å². The van der Waals surface area contributed by atoms with Crippen molar-refractivity contribution < 1.29 is 0 Å². The van der Waals surface area contributed by atoms with Crippen LogP contribution in [0.25, 0.3) is 0 Å². The number of rotatable bonds is 5. The standard InChI is InChI=1S/C16H23N5/c1-20-8-2-3-15(10-20)9-18-16-6-4-14(5-7-16)11-21-13-17-12-19-21/h4-7,12-13,15,18H,2-3,8-11H2,1H3. The maximum absolute atomic E-state index is 4.12. The fourth-order valence-corrected chi connectivity index (χ4v) is 2.93. The van der Waals surface area contributed by atoms with Crippen molar-refractivity contribution in [3.05, 3.63) is 42.5 Å². The first-order valence-electron chi connectivity index (χ1n) is 7.63. The van der Waals surface area contributed by atoms with Gasteiger partial charge in [-0.1, -0.05) is 12.1 Å². The van der Waals surface area contributed by atoms with Crippen LogP contribution in [0.15, 0.2) is 36.9 Å². The van der Waals surface area contributed by atoms with Crippen molar-refractivity contribution in [3.63, 3.8) is 0 Å². The summed E-state index contributed by atoms with van der Waals surface area (Å²) in [6.07, 6.45) is 5.96. The molecule has 0 spiro atoms. The number of nitrogens with one attached hydrogen (secondary N) is 1. The maximum atomic E-state index is 4.12. The van der Waals surface area contributed by atoms with Crippen LogP contribution in [0.1, 0.15) is 18.4 Å². The van der Waals surface area contributed by atoms with Crippen molar-refractivity contribution in [2.24, 2.45) is 5.92 Å². The second kappa shape index (κ2) is 6.72. The Bertz CT molecular complexity index is 534. The largest absolute Gasteiger partial charge is 0.385 e. The first-order valence-corrected chi connectivity index (χ1v) is 7.63. The molecule has 5 nitrogen and oxygen atoms in total. The van der Waals surface area contributed by atoms with Crippen LogP contribution in [0, 0.1) is 5.92 Å². The Morgan fingerprint density at radius 1 is 1.29 bits per heavy atom. The lowest BCUT2D eigenvalue weighted by Crippen LogP contribution is -2.35. The molecule has 21 heavy (non-hydrogen) atoms. The average Bonchev–Trinajstić information content (AvgIpc) is 3.00. The Morgan fingerprint density at radius 2 is 2.14 bits per heavy atom. The van der Waals surface area contributed by atoms with Gasteiger partial charge in [-0.3, -0.25) is 0 Å². The molecule has 1 aromatic carbocycles. The highest BCUT2D eigenvalue weighted by atomic mass is 15.3. The molecule has 0 amide bonds. The zero-order valence-corrected chi connectivity index (χ0v) is 12.6. The molecular formula is C16H23N5. The molecule has 0 bridgehead atoms. The van der Waals surface area contributed by atoms with Gasteiger partial charge < -0.3 is 10.2 Å². The minimum Gasteiger partial charge on any atom is -0.385 e. The van der Waals surface area contributed by atoms with Gasteiger partial charge in [0, 0.05) is 18.8 Å². The van der Waals surface area contributed by atoms with Gasteiger partial charge in [0.05, 0.1) is 6.54 Å². The number of hydrogen-bond acceptors (Lipinski definition) is 4. The van der Waals surface area contributed by atoms with Crippen molar-refractivity contribution in [2.45, 2.75) is 19.4 Å². The van der Waals surface area contributed by atoms with Crippen molar-refractivity contribution in [2.75, 3.05) is 32.0 Å². The average molecular weight is 285 g/mol. The Hall–Kier alpha value is -1.88. The third-order valence-corrected chi connectivity index (χ3v) is 4.08. The highest BCUT2D eigenvalue weighted by Crippen LogP contribution is 2.17. The van der Waals surface area contributed by atoms with Gasteiger partial charge in [-0.2, -0.15) is 5.10 Å². The van der Waals surface area contributed by atoms with Crippen LogP contribution in [0.5, 0.6) is 0 Å². The topological polar surface area (TPSA) is 46.0 Å². The molecule has 1 aromatic heterocycles. The lowest BCUT2D eigenvalue weighted by Gasteiger charge is -2.30. The summed E-state index contributed by atoms with van der Waals surface area (Å²) in [7, 11) is 2.21. The number of piperidine rings is 1. The molecule has 1 aliphatic rings. The molecule has 2 aromatic rings. The highest BCUT2D eigenvalue weighted by molar-refractivity contribution is 5.44. The normalized spacial score (nSPS) is 19.6. The highest BCUT2D eigenvalue weighted by Gasteiger charge is 2.16. The molecule has 3 rings (SSSR count). The maximum Gasteiger partial charge on any atom is 0.137 e. The van der Waals surface area contributed by atoms with Gasteiger partial charge in [-0.25, -0.2) is 9.67 Å². The Kier molecular flexibility index (Phi) is 4.50. The fraction of sp³-hybridized carbons (Fsp3) is 0.500. The second-order valence-electron chi connectivity index (χ2n) is 5.94. The van der Waals surface area contributed by atoms with Crippen LogP contribution in [0.3, 0.4) is 0 Å². The molecule has 1 unspecified atom stereocenters. The van der Waals surface area contributed by atoms with E-state index >= 15 is 0 Å². The Morgan fingerprint density at radius 3 is 2.86 bits per heavy atom. The summed E-state index contributed by atoms with van der Waals surface area (Å²) in [5.74, 6) is 0.763. The molecule has 1 fully saturated rings. The van der Waals surface area contributed by atoms with E-state index in [-0.39, 0.29) is 0 Å². The number of aromatic nitrogens is 3. The third-order valence-electron chi connectivity index (χ3n) is 4.08. The number of hydrogen-bond donors (Lipinski definition) is 1. The summed E-state index contributed by atoms with van der Waals surface area (Å²) in [5.41, 5.74) is 2.44. The van der Waals surface area contributed by atoms with E-state index in [9.17, 15) is 0 Å². The quantitative estimate of drug-likeness (QED) is 0.913. The van der Waals surface area contributed by atoms with Gasteiger partial charge in [-0.15, -0.1) is 0 Å². The summed E-state index contributed by atoms with van der Waals surface area (Å²) in [6, 6.07) is 8.60. The van der Waals surface area contributed by atoms with Gasteiger partial charge in [0.2, 0.25) is 0 Å². The lowest BCUT2D eigenvalue weighted by molar-refractivity contribution is 0.217. The molecule has 0 saturated carbocycles. The van der Waals surface area contributed by atoms with Crippen LogP contribution in [0.2, 0.25) is 0 Å². The molecule has 5 heteroatoms. The predicted molar refractivity (Wildman–Crippen MR) is 84.3 cm³/mol. The summed E-state index contributed by atoms with van der Waals surface area (Å²) in [5, 5.41) is 7.68. The molecule has 1 saturated heterocycles. The third kappa shape index (κ3) is 4.04. The van der Waals surface area contributed by atoms with Crippen molar-refractivity contribution in [1.82, 2.24) is 19.7 Å². The Balaban J connectivity index is 1.50. The smallest absolute Gasteiger partial charge is 0.137 e. The zero-order valence-electron chi connectivity index (χ0n) is 12.6. The van der Waals surface area contributed by atoms with Crippen molar-refractivity contribution in [3.8, 4) is 0 Å². The number of nitrogens with zero attached hydrogens (tertiary/aromatic N) is 4. The minimum atomic E-state index is 0.763. The van der Waals surface area contributed by atoms with Gasteiger partial charge in [0.1, 0.15) is 12.7 Å². The van der Waals surface area contributed by atoms with Crippen LogP contribution in [-0.4, -0.2) is 46.3 Å². The first kappa shape index (κ1) is 14.1. The van der Waals surface area contributed by atoms with E-state index in [4.69, 9.17) is 0 Å². The number of anilines is 1. The summed E-state index contributed by atoms with van der Waals surface area (Å²) < 4.78 is 1.83. The summed E-state index contributed by atoms with van der Waals surface area (Å²) in [6.45, 7) is 4.28. The lowest BCUT2D eigenvalue weighted by atomic mass is 9.98. The van der Waals surface area contributed by atoms with E-state index in [0.717, 1.165) is 19.0 Å². The Labute approximate surface area is 126 Å². The van der Waals surface area contributed by atoms with Gasteiger partial charge in [0.15, 0.2) is 0 Å². The summed E-state index contributed by atoms with van der Waals surface area (Å²) in [4.78, 5) is 6.39. The molecule has 112 valence electrons. The first-order chi connectivity index (χ1) is 10.3.